The van der Waals surface area contributed by atoms with Crippen LogP contribution in [-0.4, -0.2) is 24.4 Å². The van der Waals surface area contributed by atoms with Gasteiger partial charge < -0.3 is 0 Å². The summed E-state index contributed by atoms with van der Waals surface area (Å²) in [7, 11) is 1.89. The highest BCUT2D eigenvalue weighted by molar-refractivity contribution is 5.63. The van der Waals surface area contributed by atoms with Crippen molar-refractivity contribution in [1.82, 2.24) is 24.4 Å². The molecule has 0 atom stereocenters. The molecule has 3 heterocycles. The zero-order valence-electron chi connectivity index (χ0n) is 13.6. The van der Waals surface area contributed by atoms with Crippen LogP contribution < -0.4 is 5.56 Å². The molecular formula is C18H16FN5O. The average molecular weight is 337 g/mol. The van der Waals surface area contributed by atoms with Crippen molar-refractivity contribution >= 4 is 5.65 Å². The van der Waals surface area contributed by atoms with E-state index in [1.807, 2.05) is 17.8 Å². The molecule has 0 bridgehead atoms. The molecule has 0 saturated heterocycles. The number of aromatic nitrogens is 5. The summed E-state index contributed by atoms with van der Waals surface area (Å²) in [5.74, 6) is -0.299. The molecule has 4 aromatic rings. The maximum Gasteiger partial charge on any atom is 0.272 e. The zero-order chi connectivity index (χ0) is 17.4. The van der Waals surface area contributed by atoms with Gasteiger partial charge >= 0.3 is 0 Å². The SMILES string of the molecule is Cn1nccc1CCc1cc(=O)n2[nH]c(-c3ccc(F)cc3)cc2n1. The number of hydrogen-bond acceptors (Lipinski definition) is 3. The van der Waals surface area contributed by atoms with Crippen LogP contribution in [0.2, 0.25) is 0 Å². The second kappa shape index (κ2) is 6.01. The van der Waals surface area contributed by atoms with E-state index in [-0.39, 0.29) is 11.4 Å². The van der Waals surface area contributed by atoms with Crippen LogP contribution >= 0.6 is 0 Å². The van der Waals surface area contributed by atoms with Crippen molar-refractivity contribution in [2.24, 2.45) is 7.05 Å². The standard InChI is InChI=1S/C18H16FN5O/c1-23-15(8-9-20-23)7-6-14-10-18(25)24-17(21-14)11-16(22-24)12-2-4-13(19)5-3-12/h2-5,8-11,22H,6-7H2,1H3. The fraction of sp³-hybridized carbons (Fsp3) is 0.167. The van der Waals surface area contributed by atoms with Gasteiger partial charge in [-0.2, -0.15) is 5.10 Å². The van der Waals surface area contributed by atoms with Crippen LogP contribution in [-0.2, 0) is 19.9 Å². The van der Waals surface area contributed by atoms with E-state index in [9.17, 15) is 9.18 Å². The first-order valence-corrected chi connectivity index (χ1v) is 7.95. The molecule has 4 rings (SSSR count). The Labute approximate surface area is 142 Å². The van der Waals surface area contributed by atoms with E-state index in [1.54, 1.807) is 24.4 Å². The lowest BCUT2D eigenvalue weighted by Gasteiger charge is -2.02. The first-order chi connectivity index (χ1) is 12.1. The number of benzene rings is 1. The van der Waals surface area contributed by atoms with Crippen molar-refractivity contribution in [3.8, 4) is 11.3 Å². The normalized spacial score (nSPS) is 11.3. The molecule has 25 heavy (non-hydrogen) atoms. The molecule has 0 saturated carbocycles. The van der Waals surface area contributed by atoms with Gasteiger partial charge in [0, 0.05) is 36.8 Å². The Bertz CT molecular complexity index is 1090. The second-order valence-corrected chi connectivity index (χ2v) is 5.90. The lowest BCUT2D eigenvalue weighted by molar-refractivity contribution is 0.628. The maximum atomic E-state index is 13.1. The van der Waals surface area contributed by atoms with Gasteiger partial charge in [-0.25, -0.2) is 13.9 Å². The van der Waals surface area contributed by atoms with Crippen LogP contribution in [0.4, 0.5) is 4.39 Å². The quantitative estimate of drug-likeness (QED) is 0.621. The number of nitrogens with one attached hydrogen (secondary N) is 1. The van der Waals surface area contributed by atoms with Crippen LogP contribution in [0.1, 0.15) is 11.4 Å². The largest absolute Gasteiger partial charge is 0.289 e. The summed E-state index contributed by atoms with van der Waals surface area (Å²) in [5.41, 5.74) is 3.71. The second-order valence-electron chi connectivity index (χ2n) is 5.90. The van der Waals surface area contributed by atoms with E-state index in [4.69, 9.17) is 0 Å². The predicted molar refractivity (Wildman–Crippen MR) is 91.8 cm³/mol. The highest BCUT2D eigenvalue weighted by atomic mass is 19.1. The van der Waals surface area contributed by atoms with Gasteiger partial charge in [0.05, 0.1) is 5.69 Å². The number of rotatable bonds is 4. The summed E-state index contributed by atoms with van der Waals surface area (Å²) in [4.78, 5) is 16.9. The van der Waals surface area contributed by atoms with Crippen LogP contribution in [0.3, 0.4) is 0 Å². The number of fused-ring (bicyclic) bond motifs is 1. The number of hydrogen-bond donors (Lipinski definition) is 1. The van der Waals surface area contributed by atoms with Crippen LogP contribution in [0.5, 0.6) is 0 Å². The Morgan fingerprint density at radius 3 is 2.64 bits per heavy atom. The van der Waals surface area contributed by atoms with E-state index < -0.39 is 0 Å². The van der Waals surface area contributed by atoms with E-state index in [1.165, 1.54) is 22.7 Å². The topological polar surface area (TPSA) is 68.0 Å². The monoisotopic (exact) mass is 337 g/mol. The summed E-state index contributed by atoms with van der Waals surface area (Å²) in [6.07, 6.45) is 3.17. The zero-order valence-corrected chi connectivity index (χ0v) is 13.6. The molecular weight excluding hydrogens is 321 g/mol. The molecule has 1 N–H and O–H groups in total. The van der Waals surface area contributed by atoms with Gasteiger partial charge in [0.15, 0.2) is 5.65 Å². The van der Waals surface area contributed by atoms with E-state index >= 15 is 0 Å². The van der Waals surface area contributed by atoms with E-state index in [2.05, 4.69) is 15.2 Å². The first kappa shape index (κ1) is 15.3. The minimum absolute atomic E-state index is 0.168. The fourth-order valence-electron chi connectivity index (χ4n) is 2.85. The molecule has 6 nitrogen and oxygen atoms in total. The lowest BCUT2D eigenvalue weighted by atomic mass is 10.1. The van der Waals surface area contributed by atoms with Crippen LogP contribution in [0.25, 0.3) is 16.9 Å². The number of halogens is 1. The van der Waals surface area contributed by atoms with E-state index in [0.29, 0.717) is 17.8 Å². The first-order valence-electron chi connectivity index (χ1n) is 7.95. The van der Waals surface area contributed by atoms with E-state index in [0.717, 1.165) is 23.4 Å². The Kier molecular flexibility index (Phi) is 3.68. The van der Waals surface area contributed by atoms with Crippen LogP contribution in [0.15, 0.2) is 53.5 Å². The Hall–Kier alpha value is -3.22. The predicted octanol–water partition coefficient (Wildman–Crippen LogP) is 2.35. The van der Waals surface area contributed by atoms with Gasteiger partial charge in [0.1, 0.15) is 5.82 Å². The fourth-order valence-corrected chi connectivity index (χ4v) is 2.85. The molecule has 3 aromatic heterocycles. The molecule has 0 aliphatic rings. The Balaban J connectivity index is 1.66. The van der Waals surface area contributed by atoms with Gasteiger partial charge in [-0.3, -0.25) is 14.6 Å². The number of aryl methyl sites for hydroxylation is 3. The Morgan fingerprint density at radius 2 is 1.92 bits per heavy atom. The molecule has 0 aliphatic heterocycles. The molecule has 0 radical (unpaired) electrons. The molecule has 0 aliphatic carbocycles. The third-order valence-electron chi connectivity index (χ3n) is 4.22. The molecule has 126 valence electrons. The molecule has 0 unspecified atom stereocenters. The van der Waals surface area contributed by atoms with Crippen molar-refractivity contribution in [2.75, 3.05) is 0 Å². The van der Waals surface area contributed by atoms with Crippen LogP contribution in [0, 0.1) is 5.82 Å². The number of nitrogens with zero attached hydrogens (tertiary/aromatic N) is 4. The molecule has 0 amide bonds. The summed E-state index contributed by atoms with van der Waals surface area (Å²) in [6.45, 7) is 0. The lowest BCUT2D eigenvalue weighted by Crippen LogP contribution is -2.16. The van der Waals surface area contributed by atoms with Gasteiger partial charge in [-0.15, -0.1) is 0 Å². The highest BCUT2D eigenvalue weighted by Crippen LogP contribution is 2.19. The van der Waals surface area contributed by atoms with Crippen molar-refractivity contribution in [2.45, 2.75) is 12.8 Å². The van der Waals surface area contributed by atoms with Crippen molar-refractivity contribution in [1.29, 1.82) is 0 Å². The number of aromatic amines is 1. The van der Waals surface area contributed by atoms with Gasteiger partial charge in [0.2, 0.25) is 0 Å². The third kappa shape index (κ3) is 2.96. The summed E-state index contributed by atoms with van der Waals surface area (Å²) in [6, 6.07) is 11.4. The van der Waals surface area contributed by atoms with Gasteiger partial charge in [-0.05, 0) is 48.7 Å². The van der Waals surface area contributed by atoms with Gasteiger partial charge in [0.25, 0.3) is 5.56 Å². The minimum Gasteiger partial charge on any atom is -0.289 e. The van der Waals surface area contributed by atoms with Crippen molar-refractivity contribution < 1.29 is 4.39 Å². The molecule has 7 heteroatoms. The highest BCUT2D eigenvalue weighted by Gasteiger charge is 2.09. The molecule has 0 spiro atoms. The summed E-state index contributed by atoms with van der Waals surface area (Å²) in [5, 5.41) is 7.15. The third-order valence-corrected chi connectivity index (χ3v) is 4.22. The minimum atomic E-state index is -0.299. The van der Waals surface area contributed by atoms with Crippen molar-refractivity contribution in [3.05, 3.63) is 76.2 Å². The summed E-state index contributed by atoms with van der Waals surface area (Å²) < 4.78 is 16.3. The Morgan fingerprint density at radius 1 is 1.12 bits per heavy atom. The summed E-state index contributed by atoms with van der Waals surface area (Å²) >= 11 is 0. The average Bonchev–Trinajstić information content (AvgIpc) is 3.20. The van der Waals surface area contributed by atoms with Gasteiger partial charge in [-0.1, -0.05) is 0 Å². The van der Waals surface area contributed by atoms with Crippen molar-refractivity contribution in [3.63, 3.8) is 0 Å². The maximum absolute atomic E-state index is 13.1. The number of H-pyrrole nitrogens is 1. The molecule has 1 aromatic carbocycles. The smallest absolute Gasteiger partial charge is 0.272 e. The molecule has 0 fully saturated rings.